The first-order valence-electron chi connectivity index (χ1n) is 6.23. The zero-order chi connectivity index (χ0) is 13.9. The van der Waals surface area contributed by atoms with E-state index in [2.05, 4.69) is 4.72 Å². The van der Waals surface area contributed by atoms with Crippen molar-refractivity contribution in [3.63, 3.8) is 0 Å². The lowest BCUT2D eigenvalue weighted by Gasteiger charge is -2.09. The van der Waals surface area contributed by atoms with Gasteiger partial charge in [-0.2, -0.15) is 0 Å². The van der Waals surface area contributed by atoms with Crippen LogP contribution in [0, 0.1) is 0 Å². The average molecular weight is 315 g/mol. The highest BCUT2D eigenvalue weighted by molar-refractivity contribution is 7.89. The van der Waals surface area contributed by atoms with Crippen LogP contribution >= 0.6 is 12.4 Å². The molecule has 0 radical (unpaired) electrons. The summed E-state index contributed by atoms with van der Waals surface area (Å²) < 4.78 is 26.8. The van der Waals surface area contributed by atoms with Crippen LogP contribution < -0.4 is 10.5 Å². The van der Waals surface area contributed by atoms with Crippen LogP contribution in [-0.4, -0.2) is 21.0 Å². The minimum Gasteiger partial charge on any atom is -0.328 e. The molecular weight excluding hydrogens is 296 g/mol. The van der Waals surface area contributed by atoms with Gasteiger partial charge in [-0.15, -0.1) is 12.4 Å². The van der Waals surface area contributed by atoms with Crippen molar-refractivity contribution >= 4 is 33.2 Å². The molecule has 110 valence electrons. The summed E-state index contributed by atoms with van der Waals surface area (Å²) in [6.07, 6.45) is 0.618. The summed E-state index contributed by atoms with van der Waals surface area (Å²) in [5.41, 5.74) is 5.60. The molecule has 0 aliphatic rings. The van der Waals surface area contributed by atoms with Gasteiger partial charge in [0.15, 0.2) is 0 Å². The van der Waals surface area contributed by atoms with E-state index in [1.165, 1.54) is 0 Å². The Morgan fingerprint density at radius 1 is 1.15 bits per heavy atom. The molecule has 0 aliphatic heterocycles. The fourth-order valence-corrected chi connectivity index (χ4v) is 2.92. The predicted molar refractivity (Wildman–Crippen MR) is 84.7 cm³/mol. The topological polar surface area (TPSA) is 72.2 Å². The second kappa shape index (κ2) is 7.04. The summed E-state index contributed by atoms with van der Waals surface area (Å²) >= 11 is 0. The number of hydrogen-bond acceptors (Lipinski definition) is 3. The first kappa shape index (κ1) is 16.9. The first-order chi connectivity index (χ1) is 8.99. The Morgan fingerprint density at radius 3 is 2.45 bits per heavy atom. The van der Waals surface area contributed by atoms with Crippen molar-refractivity contribution < 1.29 is 8.42 Å². The van der Waals surface area contributed by atoms with Crippen LogP contribution in [0.15, 0.2) is 47.4 Å². The molecular formula is C14H19ClN2O2S. The van der Waals surface area contributed by atoms with Crippen molar-refractivity contribution in [3.8, 4) is 0 Å². The second-order valence-electron chi connectivity index (χ2n) is 4.67. The van der Waals surface area contributed by atoms with Crippen molar-refractivity contribution in [2.75, 3.05) is 6.54 Å². The van der Waals surface area contributed by atoms with E-state index >= 15 is 0 Å². The standard InChI is InChI=1S/C14H18N2O2S.ClH/c1-11(15)8-9-16-19(17,18)14-7-6-12-4-2-3-5-13(12)10-14;/h2-7,10-11,16H,8-9,15H2,1H3;1H. The Balaban J connectivity index is 0.00000200. The minimum absolute atomic E-state index is 0. The van der Waals surface area contributed by atoms with Crippen LogP contribution in [0.3, 0.4) is 0 Å². The summed E-state index contributed by atoms with van der Waals surface area (Å²) in [7, 11) is -3.45. The van der Waals surface area contributed by atoms with Gasteiger partial charge in [-0.25, -0.2) is 13.1 Å². The summed E-state index contributed by atoms with van der Waals surface area (Å²) in [4.78, 5) is 0.288. The van der Waals surface area contributed by atoms with Crippen LogP contribution in [-0.2, 0) is 10.0 Å². The summed E-state index contributed by atoms with van der Waals surface area (Å²) in [6, 6.07) is 12.8. The van der Waals surface area contributed by atoms with Gasteiger partial charge in [0.25, 0.3) is 0 Å². The number of rotatable bonds is 5. The van der Waals surface area contributed by atoms with Gasteiger partial charge >= 0.3 is 0 Å². The molecule has 0 saturated carbocycles. The van der Waals surface area contributed by atoms with E-state index in [0.29, 0.717) is 13.0 Å². The van der Waals surface area contributed by atoms with E-state index < -0.39 is 10.0 Å². The van der Waals surface area contributed by atoms with Crippen molar-refractivity contribution in [1.82, 2.24) is 4.72 Å². The first-order valence-corrected chi connectivity index (χ1v) is 7.71. The van der Waals surface area contributed by atoms with E-state index in [0.717, 1.165) is 10.8 Å². The van der Waals surface area contributed by atoms with Crippen molar-refractivity contribution in [3.05, 3.63) is 42.5 Å². The number of nitrogens with one attached hydrogen (secondary N) is 1. The molecule has 2 aromatic rings. The van der Waals surface area contributed by atoms with E-state index in [1.807, 2.05) is 37.3 Å². The fraction of sp³-hybridized carbons (Fsp3) is 0.286. The molecule has 0 heterocycles. The number of hydrogen-bond donors (Lipinski definition) is 2. The fourth-order valence-electron chi connectivity index (χ4n) is 1.84. The number of nitrogens with two attached hydrogens (primary N) is 1. The number of benzene rings is 2. The van der Waals surface area contributed by atoms with Gasteiger partial charge in [0.1, 0.15) is 0 Å². The largest absolute Gasteiger partial charge is 0.328 e. The monoisotopic (exact) mass is 314 g/mol. The molecule has 0 aromatic heterocycles. The molecule has 0 fully saturated rings. The molecule has 1 atom stereocenters. The summed E-state index contributed by atoms with van der Waals surface area (Å²) in [6.45, 7) is 2.21. The Hall–Kier alpha value is -1.14. The van der Waals surface area contributed by atoms with Crippen LogP contribution in [0.5, 0.6) is 0 Å². The lowest BCUT2D eigenvalue weighted by molar-refractivity contribution is 0.572. The van der Waals surface area contributed by atoms with E-state index in [4.69, 9.17) is 5.73 Å². The van der Waals surface area contributed by atoms with E-state index in [1.54, 1.807) is 12.1 Å². The smallest absolute Gasteiger partial charge is 0.240 e. The molecule has 4 nitrogen and oxygen atoms in total. The quantitative estimate of drug-likeness (QED) is 0.889. The lowest BCUT2D eigenvalue weighted by Crippen LogP contribution is -2.29. The third-order valence-electron chi connectivity index (χ3n) is 2.92. The second-order valence-corrected chi connectivity index (χ2v) is 6.44. The molecule has 2 aromatic carbocycles. The summed E-state index contributed by atoms with van der Waals surface area (Å²) in [5.74, 6) is 0. The minimum atomic E-state index is -3.45. The zero-order valence-electron chi connectivity index (χ0n) is 11.2. The highest BCUT2D eigenvalue weighted by Gasteiger charge is 2.13. The average Bonchev–Trinajstić information content (AvgIpc) is 2.37. The molecule has 2 rings (SSSR count). The number of fused-ring (bicyclic) bond motifs is 1. The molecule has 3 N–H and O–H groups in total. The van der Waals surface area contributed by atoms with Gasteiger partial charge < -0.3 is 5.73 Å². The zero-order valence-corrected chi connectivity index (χ0v) is 12.9. The molecule has 6 heteroatoms. The highest BCUT2D eigenvalue weighted by atomic mass is 35.5. The van der Waals surface area contributed by atoms with Crippen LogP contribution in [0.1, 0.15) is 13.3 Å². The van der Waals surface area contributed by atoms with Gasteiger partial charge in [0, 0.05) is 12.6 Å². The maximum Gasteiger partial charge on any atom is 0.240 e. The van der Waals surface area contributed by atoms with Gasteiger partial charge in [-0.1, -0.05) is 30.3 Å². The van der Waals surface area contributed by atoms with Gasteiger partial charge in [-0.05, 0) is 36.2 Å². The van der Waals surface area contributed by atoms with Crippen molar-refractivity contribution in [1.29, 1.82) is 0 Å². The maximum atomic E-state index is 12.1. The van der Waals surface area contributed by atoms with Crippen molar-refractivity contribution in [2.45, 2.75) is 24.3 Å². The highest BCUT2D eigenvalue weighted by Crippen LogP contribution is 2.18. The Bertz CT molecular complexity index is 672. The van der Waals surface area contributed by atoms with Crippen LogP contribution in [0.4, 0.5) is 0 Å². The molecule has 0 amide bonds. The van der Waals surface area contributed by atoms with Crippen LogP contribution in [0.2, 0.25) is 0 Å². The Kier molecular flexibility index (Phi) is 5.95. The molecule has 0 saturated heterocycles. The number of sulfonamides is 1. The number of halogens is 1. The predicted octanol–water partition coefficient (Wildman–Crippen LogP) is 2.28. The normalized spacial score (nSPS) is 12.9. The third kappa shape index (κ3) is 4.18. The van der Waals surface area contributed by atoms with E-state index in [9.17, 15) is 8.42 Å². The molecule has 0 spiro atoms. The third-order valence-corrected chi connectivity index (χ3v) is 4.38. The Labute approximate surface area is 125 Å². The van der Waals surface area contributed by atoms with E-state index in [-0.39, 0.29) is 23.3 Å². The lowest BCUT2D eigenvalue weighted by atomic mass is 10.1. The Morgan fingerprint density at radius 2 is 1.80 bits per heavy atom. The van der Waals surface area contributed by atoms with Gasteiger partial charge in [0.2, 0.25) is 10.0 Å². The molecule has 0 bridgehead atoms. The summed E-state index contributed by atoms with van der Waals surface area (Å²) in [5, 5.41) is 1.94. The SMILES string of the molecule is CC(N)CCNS(=O)(=O)c1ccc2ccccc2c1.Cl. The maximum absolute atomic E-state index is 12.1. The van der Waals surface area contributed by atoms with Gasteiger partial charge in [-0.3, -0.25) is 0 Å². The molecule has 20 heavy (non-hydrogen) atoms. The molecule has 0 aliphatic carbocycles. The molecule has 1 unspecified atom stereocenters. The van der Waals surface area contributed by atoms with Gasteiger partial charge in [0.05, 0.1) is 4.90 Å². The van der Waals surface area contributed by atoms with Crippen LogP contribution in [0.25, 0.3) is 10.8 Å². The van der Waals surface area contributed by atoms with Crippen molar-refractivity contribution in [2.24, 2.45) is 5.73 Å².